The SMILES string of the molecule is Nc1cc(F)ccc1SCc1ccccc1Cl. The van der Waals surface area contributed by atoms with Crippen molar-refractivity contribution in [2.24, 2.45) is 0 Å². The van der Waals surface area contributed by atoms with E-state index in [0.717, 1.165) is 21.2 Å². The molecule has 17 heavy (non-hydrogen) atoms. The summed E-state index contributed by atoms with van der Waals surface area (Å²) >= 11 is 7.60. The van der Waals surface area contributed by atoms with Crippen molar-refractivity contribution < 1.29 is 4.39 Å². The predicted octanol–water partition coefficient (Wildman–Crippen LogP) is 4.35. The molecule has 0 saturated heterocycles. The lowest BCUT2D eigenvalue weighted by Crippen LogP contribution is -1.90. The van der Waals surface area contributed by atoms with E-state index in [1.54, 1.807) is 17.8 Å². The van der Waals surface area contributed by atoms with Gasteiger partial charge in [0.15, 0.2) is 0 Å². The van der Waals surface area contributed by atoms with E-state index in [1.807, 2.05) is 24.3 Å². The second-order valence-corrected chi connectivity index (χ2v) is 4.99. The maximum absolute atomic E-state index is 12.9. The first-order valence-electron chi connectivity index (χ1n) is 5.08. The van der Waals surface area contributed by atoms with E-state index in [0.29, 0.717) is 5.69 Å². The van der Waals surface area contributed by atoms with Gasteiger partial charge in [-0.05, 0) is 29.8 Å². The third-order valence-electron chi connectivity index (χ3n) is 2.31. The van der Waals surface area contributed by atoms with Crippen LogP contribution in [0.5, 0.6) is 0 Å². The van der Waals surface area contributed by atoms with E-state index in [9.17, 15) is 4.39 Å². The molecule has 0 saturated carbocycles. The molecular formula is C13H11ClFNS. The van der Waals surface area contributed by atoms with Crippen LogP contribution < -0.4 is 5.73 Å². The number of halogens is 2. The van der Waals surface area contributed by atoms with Gasteiger partial charge in [-0.25, -0.2) is 4.39 Å². The topological polar surface area (TPSA) is 26.0 Å². The van der Waals surface area contributed by atoms with Gasteiger partial charge in [0.05, 0.1) is 0 Å². The monoisotopic (exact) mass is 267 g/mol. The Morgan fingerprint density at radius 2 is 1.94 bits per heavy atom. The number of nitrogen functional groups attached to an aromatic ring is 1. The van der Waals surface area contributed by atoms with E-state index >= 15 is 0 Å². The van der Waals surface area contributed by atoms with Gasteiger partial charge < -0.3 is 5.73 Å². The highest BCUT2D eigenvalue weighted by atomic mass is 35.5. The van der Waals surface area contributed by atoms with Gasteiger partial charge in [0.25, 0.3) is 0 Å². The minimum absolute atomic E-state index is 0.315. The van der Waals surface area contributed by atoms with Crippen LogP contribution in [0.1, 0.15) is 5.56 Å². The Kier molecular flexibility index (Phi) is 3.92. The summed E-state index contributed by atoms with van der Waals surface area (Å²) in [6.45, 7) is 0. The summed E-state index contributed by atoms with van der Waals surface area (Å²) < 4.78 is 12.9. The summed E-state index contributed by atoms with van der Waals surface area (Å²) in [5.74, 6) is 0.403. The van der Waals surface area contributed by atoms with Crippen LogP contribution in [-0.4, -0.2) is 0 Å². The minimum Gasteiger partial charge on any atom is -0.398 e. The molecule has 0 aliphatic heterocycles. The predicted molar refractivity (Wildman–Crippen MR) is 71.8 cm³/mol. The molecule has 0 bridgehead atoms. The van der Waals surface area contributed by atoms with Gasteiger partial charge in [-0.3, -0.25) is 0 Å². The van der Waals surface area contributed by atoms with Crippen molar-refractivity contribution in [2.45, 2.75) is 10.6 Å². The van der Waals surface area contributed by atoms with E-state index in [4.69, 9.17) is 17.3 Å². The molecule has 0 spiro atoms. The summed E-state index contributed by atoms with van der Waals surface area (Å²) in [5, 5.41) is 0.737. The van der Waals surface area contributed by atoms with Crippen LogP contribution in [0.4, 0.5) is 10.1 Å². The Hall–Kier alpha value is -1.19. The fourth-order valence-electron chi connectivity index (χ4n) is 1.42. The molecule has 4 heteroatoms. The number of rotatable bonds is 3. The van der Waals surface area contributed by atoms with Crippen molar-refractivity contribution in [3.8, 4) is 0 Å². The molecule has 2 aromatic carbocycles. The van der Waals surface area contributed by atoms with E-state index in [1.165, 1.54) is 12.1 Å². The van der Waals surface area contributed by atoms with Gasteiger partial charge in [0.2, 0.25) is 0 Å². The molecular weight excluding hydrogens is 257 g/mol. The summed E-state index contributed by atoms with van der Waals surface area (Å²) in [4.78, 5) is 0.867. The molecule has 0 heterocycles. The van der Waals surface area contributed by atoms with Crippen LogP contribution >= 0.6 is 23.4 Å². The van der Waals surface area contributed by atoms with Crippen LogP contribution in [0.15, 0.2) is 47.4 Å². The zero-order valence-corrected chi connectivity index (χ0v) is 10.6. The number of hydrogen-bond donors (Lipinski definition) is 1. The standard InChI is InChI=1S/C13H11ClFNS/c14-11-4-2-1-3-9(11)8-17-13-6-5-10(15)7-12(13)16/h1-7H,8,16H2. The molecule has 2 N–H and O–H groups in total. The third-order valence-corrected chi connectivity index (χ3v) is 3.82. The average Bonchev–Trinajstić information content (AvgIpc) is 2.30. The number of hydrogen-bond acceptors (Lipinski definition) is 2. The van der Waals surface area contributed by atoms with Crippen molar-refractivity contribution >= 4 is 29.1 Å². The molecule has 0 atom stereocenters. The first-order valence-corrected chi connectivity index (χ1v) is 6.44. The molecule has 0 aromatic heterocycles. The first kappa shape index (κ1) is 12.3. The zero-order chi connectivity index (χ0) is 12.3. The number of thioether (sulfide) groups is 1. The van der Waals surface area contributed by atoms with Crippen LogP contribution in [0.3, 0.4) is 0 Å². The lowest BCUT2D eigenvalue weighted by molar-refractivity contribution is 0.627. The van der Waals surface area contributed by atoms with Gasteiger partial charge in [-0.15, -0.1) is 11.8 Å². The Balaban J connectivity index is 2.10. The summed E-state index contributed by atoms with van der Waals surface area (Å²) in [5.41, 5.74) is 7.23. The summed E-state index contributed by atoms with van der Waals surface area (Å²) in [7, 11) is 0. The molecule has 0 fully saturated rings. The van der Waals surface area contributed by atoms with Gasteiger partial charge in [-0.2, -0.15) is 0 Å². The molecule has 2 rings (SSSR count). The Morgan fingerprint density at radius 3 is 2.65 bits per heavy atom. The van der Waals surface area contributed by atoms with Gasteiger partial charge in [0.1, 0.15) is 5.82 Å². The zero-order valence-electron chi connectivity index (χ0n) is 8.99. The lowest BCUT2D eigenvalue weighted by Gasteiger charge is -2.06. The highest BCUT2D eigenvalue weighted by Gasteiger charge is 2.04. The van der Waals surface area contributed by atoms with Crippen molar-refractivity contribution in [3.05, 3.63) is 58.9 Å². The van der Waals surface area contributed by atoms with E-state index < -0.39 is 0 Å². The quantitative estimate of drug-likeness (QED) is 0.661. The molecule has 0 unspecified atom stereocenters. The minimum atomic E-state index is -0.315. The van der Waals surface area contributed by atoms with Crippen molar-refractivity contribution in [2.75, 3.05) is 5.73 Å². The smallest absolute Gasteiger partial charge is 0.125 e. The summed E-state index contributed by atoms with van der Waals surface area (Å²) in [6.07, 6.45) is 0. The van der Waals surface area contributed by atoms with E-state index in [2.05, 4.69) is 0 Å². The van der Waals surface area contributed by atoms with Crippen LogP contribution in [0.2, 0.25) is 5.02 Å². The highest BCUT2D eigenvalue weighted by Crippen LogP contribution is 2.30. The second kappa shape index (κ2) is 5.43. The largest absolute Gasteiger partial charge is 0.398 e. The van der Waals surface area contributed by atoms with Crippen molar-refractivity contribution in [1.29, 1.82) is 0 Å². The van der Waals surface area contributed by atoms with Crippen LogP contribution in [-0.2, 0) is 5.75 Å². The van der Waals surface area contributed by atoms with Crippen LogP contribution in [0, 0.1) is 5.82 Å². The van der Waals surface area contributed by atoms with Gasteiger partial charge in [-0.1, -0.05) is 29.8 Å². The maximum atomic E-state index is 12.9. The summed E-state index contributed by atoms with van der Waals surface area (Å²) in [6, 6.07) is 12.1. The Bertz CT molecular complexity index is 531. The normalized spacial score (nSPS) is 10.5. The van der Waals surface area contributed by atoms with Gasteiger partial charge in [0, 0.05) is 21.4 Å². The molecule has 0 amide bonds. The Morgan fingerprint density at radius 1 is 1.18 bits per heavy atom. The lowest BCUT2D eigenvalue weighted by atomic mass is 10.2. The number of anilines is 1. The molecule has 88 valence electrons. The number of benzene rings is 2. The molecule has 1 nitrogen and oxygen atoms in total. The number of nitrogens with two attached hydrogens (primary N) is 1. The third kappa shape index (κ3) is 3.14. The van der Waals surface area contributed by atoms with Crippen molar-refractivity contribution in [1.82, 2.24) is 0 Å². The molecule has 0 aliphatic rings. The average molecular weight is 268 g/mol. The molecule has 0 radical (unpaired) electrons. The van der Waals surface area contributed by atoms with Crippen LogP contribution in [0.25, 0.3) is 0 Å². The highest BCUT2D eigenvalue weighted by molar-refractivity contribution is 7.98. The fraction of sp³-hybridized carbons (Fsp3) is 0.0769. The first-order chi connectivity index (χ1) is 8.16. The second-order valence-electron chi connectivity index (χ2n) is 3.56. The van der Waals surface area contributed by atoms with E-state index in [-0.39, 0.29) is 5.82 Å². The van der Waals surface area contributed by atoms with Gasteiger partial charge >= 0.3 is 0 Å². The maximum Gasteiger partial charge on any atom is 0.125 e. The van der Waals surface area contributed by atoms with Crippen molar-refractivity contribution in [3.63, 3.8) is 0 Å². The Labute approximate surface area is 109 Å². The molecule has 2 aromatic rings. The molecule has 0 aliphatic carbocycles. The fourth-order valence-corrected chi connectivity index (χ4v) is 2.66.